The van der Waals surface area contributed by atoms with Crippen molar-refractivity contribution in [2.75, 3.05) is 5.75 Å². The highest BCUT2D eigenvalue weighted by molar-refractivity contribution is 8.03. The summed E-state index contributed by atoms with van der Waals surface area (Å²) < 4.78 is 0. The Morgan fingerprint density at radius 2 is 2.22 bits per heavy atom. The van der Waals surface area contributed by atoms with E-state index in [1.165, 1.54) is 10.7 Å². The first-order chi connectivity index (χ1) is 4.35. The molecule has 1 radical (unpaired) electrons. The van der Waals surface area contributed by atoms with Crippen LogP contribution in [0.15, 0.2) is 11.0 Å². The molecule has 0 saturated carbocycles. The van der Waals surface area contributed by atoms with Crippen LogP contribution in [-0.2, 0) is 0 Å². The SMILES string of the molecule is [CH2]C/C=C(/CC)SCC. The quantitative estimate of drug-likeness (QED) is 0.582. The first kappa shape index (κ1) is 9.09. The van der Waals surface area contributed by atoms with E-state index >= 15 is 0 Å². The highest BCUT2D eigenvalue weighted by Crippen LogP contribution is 2.18. The minimum atomic E-state index is 0.927. The third kappa shape index (κ3) is 4.58. The highest BCUT2D eigenvalue weighted by atomic mass is 32.2. The topological polar surface area (TPSA) is 0 Å². The normalized spacial score (nSPS) is 12.1. The molecule has 0 aromatic heterocycles. The second-order valence-corrected chi connectivity index (χ2v) is 3.14. The maximum absolute atomic E-state index is 3.77. The van der Waals surface area contributed by atoms with Crippen LogP contribution in [0.4, 0.5) is 0 Å². The van der Waals surface area contributed by atoms with Crippen LogP contribution < -0.4 is 0 Å². The molecule has 0 rings (SSSR count). The summed E-state index contributed by atoms with van der Waals surface area (Å²) in [7, 11) is 0. The molecule has 0 nitrogen and oxygen atoms in total. The molecular formula is C8H15S. The van der Waals surface area contributed by atoms with Gasteiger partial charge in [-0.05, 0) is 30.4 Å². The molecule has 0 aliphatic heterocycles. The number of rotatable bonds is 4. The van der Waals surface area contributed by atoms with Gasteiger partial charge in [0.1, 0.15) is 0 Å². The number of thioether (sulfide) groups is 1. The van der Waals surface area contributed by atoms with Gasteiger partial charge in [0.15, 0.2) is 0 Å². The Hall–Kier alpha value is 0.0900. The van der Waals surface area contributed by atoms with Gasteiger partial charge in [0, 0.05) is 0 Å². The third-order valence-electron chi connectivity index (χ3n) is 1.05. The van der Waals surface area contributed by atoms with Gasteiger partial charge in [-0.15, -0.1) is 11.8 Å². The Morgan fingerprint density at radius 3 is 2.56 bits per heavy atom. The van der Waals surface area contributed by atoms with Gasteiger partial charge in [0.25, 0.3) is 0 Å². The van der Waals surface area contributed by atoms with Crippen LogP contribution in [-0.4, -0.2) is 5.75 Å². The van der Waals surface area contributed by atoms with E-state index in [4.69, 9.17) is 0 Å². The zero-order valence-electron chi connectivity index (χ0n) is 6.31. The van der Waals surface area contributed by atoms with E-state index in [-0.39, 0.29) is 0 Å². The van der Waals surface area contributed by atoms with Crippen molar-refractivity contribution in [3.05, 3.63) is 17.9 Å². The van der Waals surface area contributed by atoms with Gasteiger partial charge < -0.3 is 0 Å². The summed E-state index contributed by atoms with van der Waals surface area (Å²) in [5, 5.41) is 0. The van der Waals surface area contributed by atoms with Crippen LogP contribution in [0, 0.1) is 6.92 Å². The molecular weight excluding hydrogens is 128 g/mol. The largest absolute Gasteiger partial charge is 0.131 e. The van der Waals surface area contributed by atoms with Crippen LogP contribution in [0.3, 0.4) is 0 Å². The molecule has 0 aliphatic carbocycles. The molecule has 0 unspecified atom stereocenters. The van der Waals surface area contributed by atoms with Gasteiger partial charge in [0.2, 0.25) is 0 Å². The van der Waals surface area contributed by atoms with Gasteiger partial charge in [-0.25, -0.2) is 0 Å². The molecule has 0 heterocycles. The Balaban J connectivity index is 3.53. The predicted molar refractivity (Wildman–Crippen MR) is 46.5 cm³/mol. The van der Waals surface area contributed by atoms with Crippen molar-refractivity contribution in [1.29, 1.82) is 0 Å². The van der Waals surface area contributed by atoms with Crippen LogP contribution in [0.5, 0.6) is 0 Å². The van der Waals surface area contributed by atoms with E-state index < -0.39 is 0 Å². The van der Waals surface area contributed by atoms with Gasteiger partial charge in [0.05, 0.1) is 0 Å². The lowest BCUT2D eigenvalue weighted by molar-refractivity contribution is 1.17. The van der Waals surface area contributed by atoms with E-state index in [1.54, 1.807) is 0 Å². The van der Waals surface area contributed by atoms with E-state index in [2.05, 4.69) is 26.8 Å². The molecule has 0 aromatic carbocycles. The summed E-state index contributed by atoms with van der Waals surface area (Å²) >= 11 is 1.92. The number of hydrogen-bond donors (Lipinski definition) is 0. The second-order valence-electron chi connectivity index (χ2n) is 1.75. The molecule has 0 aliphatic rings. The summed E-state index contributed by atoms with van der Waals surface area (Å²) in [6.45, 7) is 8.13. The van der Waals surface area contributed by atoms with E-state index in [0.29, 0.717) is 0 Å². The Morgan fingerprint density at radius 1 is 1.56 bits per heavy atom. The van der Waals surface area contributed by atoms with Gasteiger partial charge in [-0.1, -0.05) is 19.9 Å². The smallest absolute Gasteiger partial charge is 0.00518 e. The van der Waals surface area contributed by atoms with Crippen molar-refractivity contribution < 1.29 is 0 Å². The molecule has 9 heavy (non-hydrogen) atoms. The lowest BCUT2D eigenvalue weighted by Crippen LogP contribution is -1.74. The molecule has 0 atom stereocenters. The standard InChI is InChI=1S/C8H15S/c1-4-7-8(5-2)9-6-3/h7H,1,4-6H2,2-3H3/b8-7-. The predicted octanol–water partition coefficient (Wildman–Crippen LogP) is 3.26. The van der Waals surface area contributed by atoms with Crippen molar-refractivity contribution in [3.8, 4) is 0 Å². The maximum Gasteiger partial charge on any atom is -0.00518 e. The minimum Gasteiger partial charge on any atom is -0.131 e. The molecule has 53 valence electrons. The molecule has 0 bridgehead atoms. The first-order valence-corrected chi connectivity index (χ1v) is 4.44. The number of allylic oxidation sites excluding steroid dienone is 2. The molecule has 1 heteroatoms. The first-order valence-electron chi connectivity index (χ1n) is 3.46. The van der Waals surface area contributed by atoms with E-state index in [0.717, 1.165) is 12.8 Å². The highest BCUT2D eigenvalue weighted by Gasteiger charge is 1.89. The average molecular weight is 143 g/mol. The number of hydrogen-bond acceptors (Lipinski definition) is 1. The van der Waals surface area contributed by atoms with Crippen LogP contribution in [0.1, 0.15) is 26.7 Å². The minimum absolute atomic E-state index is 0.927. The zero-order valence-corrected chi connectivity index (χ0v) is 7.13. The zero-order chi connectivity index (χ0) is 7.11. The molecule has 0 amide bonds. The van der Waals surface area contributed by atoms with Crippen LogP contribution >= 0.6 is 11.8 Å². The molecule has 0 N–H and O–H groups in total. The average Bonchev–Trinajstić information content (AvgIpc) is 1.88. The lowest BCUT2D eigenvalue weighted by Gasteiger charge is -1.98. The van der Waals surface area contributed by atoms with Crippen molar-refractivity contribution in [2.24, 2.45) is 0 Å². The van der Waals surface area contributed by atoms with Crippen LogP contribution in [0.25, 0.3) is 0 Å². The molecule has 0 fully saturated rings. The molecule has 0 aromatic rings. The van der Waals surface area contributed by atoms with Crippen molar-refractivity contribution in [1.82, 2.24) is 0 Å². The fourth-order valence-electron chi connectivity index (χ4n) is 0.652. The van der Waals surface area contributed by atoms with Crippen LogP contribution in [0.2, 0.25) is 0 Å². The molecule has 0 spiro atoms. The van der Waals surface area contributed by atoms with Gasteiger partial charge >= 0.3 is 0 Å². The van der Waals surface area contributed by atoms with Crippen molar-refractivity contribution in [3.63, 3.8) is 0 Å². The van der Waals surface area contributed by atoms with Gasteiger partial charge in [-0.2, -0.15) is 0 Å². The summed E-state index contributed by atoms with van der Waals surface area (Å²) in [6.07, 6.45) is 4.29. The van der Waals surface area contributed by atoms with Crippen molar-refractivity contribution in [2.45, 2.75) is 26.7 Å². The van der Waals surface area contributed by atoms with Gasteiger partial charge in [-0.3, -0.25) is 0 Å². The molecule has 0 saturated heterocycles. The Bertz CT molecular complexity index is 84.6. The fraction of sp³-hybridized carbons (Fsp3) is 0.625. The maximum atomic E-state index is 3.77. The summed E-state index contributed by atoms with van der Waals surface area (Å²) in [5.41, 5.74) is 0. The second kappa shape index (κ2) is 6.21. The monoisotopic (exact) mass is 143 g/mol. The lowest BCUT2D eigenvalue weighted by atomic mass is 10.3. The fourth-order valence-corrected chi connectivity index (χ4v) is 1.46. The Kier molecular flexibility index (Phi) is 6.28. The Labute approximate surface area is 62.7 Å². The van der Waals surface area contributed by atoms with E-state index in [1.807, 2.05) is 11.8 Å². The summed E-state index contributed by atoms with van der Waals surface area (Å²) in [4.78, 5) is 1.48. The summed E-state index contributed by atoms with van der Waals surface area (Å²) in [6, 6.07) is 0. The summed E-state index contributed by atoms with van der Waals surface area (Å²) in [5.74, 6) is 1.18. The van der Waals surface area contributed by atoms with Crippen molar-refractivity contribution >= 4 is 11.8 Å². The van der Waals surface area contributed by atoms with E-state index in [9.17, 15) is 0 Å². The third-order valence-corrected chi connectivity index (χ3v) is 2.17.